The van der Waals surface area contributed by atoms with Crippen molar-refractivity contribution in [3.8, 4) is 0 Å². The number of unbranched alkanes of at least 4 members (excludes halogenated alkanes) is 1. The summed E-state index contributed by atoms with van der Waals surface area (Å²) in [5.41, 5.74) is 4.61. The molecule has 0 aromatic rings. The molecule has 0 saturated heterocycles. The molecule has 0 amide bonds. The molecule has 0 heterocycles. The Morgan fingerprint density at radius 2 is 2.22 bits per heavy atom. The molecule has 102 valence electrons. The van der Waals surface area contributed by atoms with E-state index in [4.69, 9.17) is 0 Å². The number of allylic oxidation sites excluding steroid dienone is 5. The van der Waals surface area contributed by atoms with Crippen LogP contribution in [0.2, 0.25) is 0 Å². The molecule has 0 heteroatoms. The van der Waals surface area contributed by atoms with E-state index in [0.29, 0.717) is 0 Å². The van der Waals surface area contributed by atoms with Gasteiger partial charge < -0.3 is 0 Å². The first-order chi connectivity index (χ1) is 8.63. The monoisotopic (exact) mass is 246 g/mol. The second-order valence-corrected chi connectivity index (χ2v) is 5.92. The van der Waals surface area contributed by atoms with Gasteiger partial charge in [0.15, 0.2) is 0 Å². The minimum absolute atomic E-state index is 0.767. The lowest BCUT2D eigenvalue weighted by Gasteiger charge is -2.24. The predicted octanol–water partition coefficient (Wildman–Crippen LogP) is 6.21. The van der Waals surface area contributed by atoms with Gasteiger partial charge >= 0.3 is 0 Å². The Kier molecular flexibility index (Phi) is 7.08. The van der Waals surface area contributed by atoms with Crippen molar-refractivity contribution in [2.75, 3.05) is 0 Å². The normalized spacial score (nSPS) is 19.3. The van der Waals surface area contributed by atoms with Gasteiger partial charge in [-0.25, -0.2) is 0 Å². The van der Waals surface area contributed by atoms with Gasteiger partial charge in [0.25, 0.3) is 0 Å². The number of rotatable bonds is 7. The molecule has 1 aliphatic rings. The highest BCUT2D eigenvalue weighted by atomic mass is 14.2. The Balaban J connectivity index is 2.31. The van der Waals surface area contributed by atoms with Crippen molar-refractivity contribution >= 4 is 0 Å². The summed E-state index contributed by atoms with van der Waals surface area (Å²) in [6.45, 7) is 10.9. The summed E-state index contributed by atoms with van der Waals surface area (Å²) >= 11 is 0. The molecule has 0 N–H and O–H groups in total. The van der Waals surface area contributed by atoms with Crippen molar-refractivity contribution in [1.82, 2.24) is 0 Å². The largest absolute Gasteiger partial charge is 0.0996 e. The van der Waals surface area contributed by atoms with Crippen LogP contribution in [-0.4, -0.2) is 0 Å². The van der Waals surface area contributed by atoms with E-state index >= 15 is 0 Å². The molecule has 0 aliphatic heterocycles. The lowest BCUT2D eigenvalue weighted by molar-refractivity contribution is 0.509. The summed E-state index contributed by atoms with van der Waals surface area (Å²) in [6, 6.07) is 0. The molecular formula is C18H30. The van der Waals surface area contributed by atoms with Crippen LogP contribution in [0.5, 0.6) is 0 Å². The SMILES string of the molecule is C=C(CCCC)C1CC=C(CCC=C(C)C)CC1. The maximum atomic E-state index is 4.29. The molecule has 0 fully saturated rings. The van der Waals surface area contributed by atoms with Crippen molar-refractivity contribution in [3.05, 3.63) is 35.5 Å². The van der Waals surface area contributed by atoms with Gasteiger partial charge in [0, 0.05) is 0 Å². The van der Waals surface area contributed by atoms with Crippen LogP contribution in [0.1, 0.15) is 72.1 Å². The average molecular weight is 246 g/mol. The highest BCUT2D eigenvalue weighted by molar-refractivity contribution is 5.14. The summed E-state index contributed by atoms with van der Waals surface area (Å²) in [5, 5.41) is 0. The van der Waals surface area contributed by atoms with Gasteiger partial charge in [-0.15, -0.1) is 0 Å². The maximum absolute atomic E-state index is 4.29. The second-order valence-electron chi connectivity index (χ2n) is 5.92. The molecule has 0 aromatic heterocycles. The standard InChI is InChI=1S/C18H30/c1-5-6-9-16(4)18-13-11-17(12-14-18)10-7-8-15(2)3/h8,11,18H,4-7,9-10,12-14H2,1-3H3. The molecule has 0 aromatic carbocycles. The van der Waals surface area contributed by atoms with Crippen LogP contribution in [0, 0.1) is 5.92 Å². The fraction of sp³-hybridized carbons (Fsp3) is 0.667. The molecule has 0 spiro atoms. The Morgan fingerprint density at radius 3 is 2.78 bits per heavy atom. The summed E-state index contributed by atoms with van der Waals surface area (Å²) in [6.07, 6.45) is 15.0. The first kappa shape index (κ1) is 15.3. The van der Waals surface area contributed by atoms with Crippen LogP contribution in [0.3, 0.4) is 0 Å². The van der Waals surface area contributed by atoms with Crippen LogP contribution in [0.25, 0.3) is 0 Å². The first-order valence-corrected chi connectivity index (χ1v) is 7.62. The highest BCUT2D eigenvalue weighted by Crippen LogP contribution is 2.32. The van der Waals surface area contributed by atoms with Gasteiger partial charge in [-0.2, -0.15) is 0 Å². The first-order valence-electron chi connectivity index (χ1n) is 7.62. The third-order valence-electron chi connectivity index (χ3n) is 3.95. The zero-order valence-corrected chi connectivity index (χ0v) is 12.6. The zero-order valence-electron chi connectivity index (χ0n) is 12.6. The molecule has 0 bridgehead atoms. The van der Waals surface area contributed by atoms with E-state index < -0.39 is 0 Å². The molecule has 0 nitrogen and oxygen atoms in total. The van der Waals surface area contributed by atoms with Crippen molar-refractivity contribution < 1.29 is 0 Å². The third-order valence-corrected chi connectivity index (χ3v) is 3.95. The van der Waals surface area contributed by atoms with Gasteiger partial charge in [-0.1, -0.05) is 48.8 Å². The van der Waals surface area contributed by atoms with Crippen molar-refractivity contribution in [3.63, 3.8) is 0 Å². The van der Waals surface area contributed by atoms with Gasteiger partial charge in [0.1, 0.15) is 0 Å². The summed E-state index contributed by atoms with van der Waals surface area (Å²) in [4.78, 5) is 0. The van der Waals surface area contributed by atoms with Gasteiger partial charge in [-0.05, 0) is 64.7 Å². The molecule has 1 atom stereocenters. The molecule has 0 saturated carbocycles. The molecule has 1 unspecified atom stereocenters. The van der Waals surface area contributed by atoms with E-state index in [2.05, 4.69) is 39.5 Å². The van der Waals surface area contributed by atoms with Gasteiger partial charge in [0.05, 0.1) is 0 Å². The Morgan fingerprint density at radius 1 is 1.44 bits per heavy atom. The number of hydrogen-bond donors (Lipinski definition) is 0. The van der Waals surface area contributed by atoms with E-state index in [1.54, 1.807) is 5.57 Å². The van der Waals surface area contributed by atoms with E-state index in [9.17, 15) is 0 Å². The van der Waals surface area contributed by atoms with E-state index in [0.717, 1.165) is 5.92 Å². The Labute approximate surface area is 114 Å². The summed E-state index contributed by atoms with van der Waals surface area (Å²) < 4.78 is 0. The average Bonchev–Trinajstić information content (AvgIpc) is 2.36. The lowest BCUT2D eigenvalue weighted by Crippen LogP contribution is -2.08. The van der Waals surface area contributed by atoms with Crippen LogP contribution >= 0.6 is 0 Å². The third kappa shape index (κ3) is 5.71. The van der Waals surface area contributed by atoms with Crippen LogP contribution in [0.15, 0.2) is 35.5 Å². The summed E-state index contributed by atoms with van der Waals surface area (Å²) in [5.74, 6) is 0.767. The van der Waals surface area contributed by atoms with E-state index in [1.165, 1.54) is 62.5 Å². The van der Waals surface area contributed by atoms with Crippen molar-refractivity contribution in [2.45, 2.75) is 72.1 Å². The topological polar surface area (TPSA) is 0 Å². The van der Waals surface area contributed by atoms with Crippen molar-refractivity contribution in [1.29, 1.82) is 0 Å². The zero-order chi connectivity index (χ0) is 13.4. The summed E-state index contributed by atoms with van der Waals surface area (Å²) in [7, 11) is 0. The maximum Gasteiger partial charge on any atom is -0.0168 e. The van der Waals surface area contributed by atoms with Crippen LogP contribution < -0.4 is 0 Å². The van der Waals surface area contributed by atoms with Crippen molar-refractivity contribution in [2.24, 2.45) is 5.92 Å². The van der Waals surface area contributed by atoms with Crippen LogP contribution in [-0.2, 0) is 0 Å². The fourth-order valence-electron chi connectivity index (χ4n) is 2.64. The molecule has 0 radical (unpaired) electrons. The second kappa shape index (κ2) is 8.34. The predicted molar refractivity (Wildman–Crippen MR) is 82.8 cm³/mol. The molecule has 1 aliphatic carbocycles. The minimum atomic E-state index is 0.767. The van der Waals surface area contributed by atoms with Gasteiger partial charge in [-0.3, -0.25) is 0 Å². The van der Waals surface area contributed by atoms with E-state index in [-0.39, 0.29) is 0 Å². The number of hydrogen-bond acceptors (Lipinski definition) is 0. The lowest BCUT2D eigenvalue weighted by atomic mass is 9.82. The minimum Gasteiger partial charge on any atom is -0.0996 e. The van der Waals surface area contributed by atoms with Gasteiger partial charge in [0.2, 0.25) is 0 Å². The molecule has 1 rings (SSSR count). The highest BCUT2D eigenvalue weighted by Gasteiger charge is 2.16. The quantitative estimate of drug-likeness (QED) is 0.469. The molecular weight excluding hydrogens is 216 g/mol. The molecule has 18 heavy (non-hydrogen) atoms. The Hall–Kier alpha value is -0.780. The Bertz CT molecular complexity index is 313. The smallest absolute Gasteiger partial charge is 0.0168 e. The van der Waals surface area contributed by atoms with E-state index in [1.807, 2.05) is 0 Å². The fourth-order valence-corrected chi connectivity index (χ4v) is 2.64. The van der Waals surface area contributed by atoms with Crippen LogP contribution in [0.4, 0.5) is 0 Å².